The maximum Gasteiger partial charge on any atom is 0.251 e. The lowest BCUT2D eigenvalue weighted by atomic mass is 10.1. The molecule has 0 saturated heterocycles. The van der Waals surface area contributed by atoms with Crippen LogP contribution in [0.25, 0.3) is 0 Å². The summed E-state index contributed by atoms with van der Waals surface area (Å²) in [6.45, 7) is 4.06. The monoisotopic (exact) mass is 393 g/mol. The van der Waals surface area contributed by atoms with Crippen molar-refractivity contribution in [2.45, 2.75) is 26.3 Å². The van der Waals surface area contributed by atoms with E-state index in [9.17, 15) is 9.59 Å². The number of carbonyl (C=O) groups is 2. The topological polar surface area (TPSA) is 70.2 Å². The Morgan fingerprint density at radius 2 is 1.65 bits per heavy atom. The van der Waals surface area contributed by atoms with Crippen molar-refractivity contribution < 1.29 is 9.59 Å². The Balaban J connectivity index is 1.86. The zero-order valence-electron chi connectivity index (χ0n) is 14.6. The minimum atomic E-state index is -0.220. The van der Waals surface area contributed by atoms with Crippen molar-refractivity contribution in [3.05, 3.63) is 58.1 Å². The lowest BCUT2D eigenvalue weighted by Gasteiger charge is -2.12. The van der Waals surface area contributed by atoms with Gasteiger partial charge >= 0.3 is 0 Å². The largest absolute Gasteiger partial charge is 0.376 e. The van der Waals surface area contributed by atoms with Crippen LogP contribution in [0.2, 0.25) is 10.0 Å². The van der Waals surface area contributed by atoms with Gasteiger partial charge in [-0.25, -0.2) is 0 Å². The number of amides is 2. The fourth-order valence-corrected chi connectivity index (χ4v) is 2.41. The molecule has 138 valence electrons. The van der Waals surface area contributed by atoms with Crippen molar-refractivity contribution in [3.63, 3.8) is 0 Å². The molecule has 0 aromatic heterocycles. The van der Waals surface area contributed by atoms with Crippen LogP contribution >= 0.6 is 23.2 Å². The Labute approximate surface area is 163 Å². The molecule has 26 heavy (non-hydrogen) atoms. The quantitative estimate of drug-likeness (QED) is 0.644. The molecule has 0 spiro atoms. The third-order valence-corrected chi connectivity index (χ3v) is 4.53. The van der Waals surface area contributed by atoms with Crippen LogP contribution in [0.1, 0.15) is 30.6 Å². The smallest absolute Gasteiger partial charge is 0.251 e. The minimum absolute atomic E-state index is 0.0820. The fourth-order valence-electron chi connectivity index (χ4n) is 2.11. The van der Waals surface area contributed by atoms with Crippen molar-refractivity contribution in [3.8, 4) is 0 Å². The summed E-state index contributed by atoms with van der Waals surface area (Å²) in [4.78, 5) is 24.0. The number of carbonyl (C=O) groups excluding carboxylic acids is 2. The van der Waals surface area contributed by atoms with Gasteiger partial charge in [-0.3, -0.25) is 9.59 Å². The predicted octanol–water partition coefficient (Wildman–Crippen LogP) is 4.57. The molecule has 0 bridgehead atoms. The van der Waals surface area contributed by atoms with Gasteiger partial charge in [0.25, 0.3) is 5.91 Å². The first-order chi connectivity index (χ1) is 12.4. The van der Waals surface area contributed by atoms with Gasteiger partial charge in [0.05, 0.1) is 16.6 Å². The van der Waals surface area contributed by atoms with Crippen LogP contribution in [-0.4, -0.2) is 24.4 Å². The van der Waals surface area contributed by atoms with E-state index in [2.05, 4.69) is 16.0 Å². The summed E-state index contributed by atoms with van der Waals surface area (Å²) in [6, 6.07) is 12.0. The molecule has 0 aliphatic carbocycles. The molecule has 7 heteroatoms. The van der Waals surface area contributed by atoms with E-state index in [1.807, 2.05) is 13.8 Å². The highest BCUT2D eigenvalue weighted by molar-refractivity contribution is 6.42. The molecular formula is C19H21Cl2N3O2. The van der Waals surface area contributed by atoms with Crippen LogP contribution < -0.4 is 16.0 Å². The molecule has 3 N–H and O–H groups in total. The van der Waals surface area contributed by atoms with Crippen molar-refractivity contribution in [1.82, 2.24) is 5.32 Å². The summed E-state index contributed by atoms with van der Waals surface area (Å²) in [5.41, 5.74) is 1.90. The first-order valence-electron chi connectivity index (χ1n) is 8.28. The number of benzene rings is 2. The number of halogens is 2. The molecule has 2 aromatic rings. The molecular weight excluding hydrogens is 373 g/mol. The first kappa shape index (κ1) is 20.1. The number of nitrogens with one attached hydrogen (secondary N) is 3. The Morgan fingerprint density at radius 1 is 1.00 bits per heavy atom. The van der Waals surface area contributed by atoms with E-state index >= 15 is 0 Å². The van der Waals surface area contributed by atoms with Crippen LogP contribution in [0.15, 0.2) is 42.5 Å². The maximum atomic E-state index is 12.0. The molecule has 1 unspecified atom stereocenters. The summed E-state index contributed by atoms with van der Waals surface area (Å²) < 4.78 is 0. The Bertz CT molecular complexity index is 779. The first-order valence-corrected chi connectivity index (χ1v) is 9.04. The summed E-state index contributed by atoms with van der Waals surface area (Å²) in [7, 11) is 0. The summed E-state index contributed by atoms with van der Waals surface area (Å²) >= 11 is 11.8. The van der Waals surface area contributed by atoms with Crippen molar-refractivity contribution in [2.24, 2.45) is 0 Å². The van der Waals surface area contributed by atoms with Crippen LogP contribution in [0, 0.1) is 0 Å². The highest BCUT2D eigenvalue weighted by Gasteiger charge is 2.09. The van der Waals surface area contributed by atoms with Crippen LogP contribution in [0.5, 0.6) is 0 Å². The SMILES string of the molecule is CCC(C)NC(=O)c1ccc(NCC(=O)Nc2ccc(Cl)c(Cl)c2)cc1. The molecule has 0 radical (unpaired) electrons. The van der Waals surface area contributed by atoms with Gasteiger partial charge in [0.2, 0.25) is 5.91 Å². The molecule has 0 saturated carbocycles. The molecule has 0 aliphatic rings. The highest BCUT2D eigenvalue weighted by atomic mass is 35.5. The molecule has 0 fully saturated rings. The van der Waals surface area contributed by atoms with Gasteiger partial charge in [-0.05, 0) is 55.8 Å². The third kappa shape index (κ3) is 5.93. The Hall–Kier alpha value is -2.24. The zero-order chi connectivity index (χ0) is 19.1. The van der Waals surface area contributed by atoms with Crippen LogP contribution in [0.4, 0.5) is 11.4 Å². The molecule has 2 rings (SSSR count). The van der Waals surface area contributed by atoms with Crippen molar-refractivity contribution >= 4 is 46.4 Å². The molecule has 0 aliphatic heterocycles. The van der Waals surface area contributed by atoms with Crippen molar-refractivity contribution in [1.29, 1.82) is 0 Å². The average Bonchev–Trinajstić information content (AvgIpc) is 2.63. The molecule has 0 heterocycles. The lowest BCUT2D eigenvalue weighted by Crippen LogP contribution is -2.31. The summed E-state index contributed by atoms with van der Waals surface area (Å²) in [5, 5.41) is 9.45. The number of hydrogen-bond donors (Lipinski definition) is 3. The Morgan fingerprint density at radius 3 is 2.27 bits per heavy atom. The van der Waals surface area contributed by atoms with Gasteiger partial charge in [0.1, 0.15) is 0 Å². The van der Waals surface area contributed by atoms with E-state index in [0.29, 0.717) is 21.3 Å². The number of rotatable bonds is 7. The Kier molecular flexibility index (Phi) is 7.30. The average molecular weight is 394 g/mol. The van der Waals surface area contributed by atoms with E-state index in [4.69, 9.17) is 23.2 Å². The van der Waals surface area contributed by atoms with Gasteiger partial charge < -0.3 is 16.0 Å². The number of hydrogen-bond acceptors (Lipinski definition) is 3. The van der Waals surface area contributed by atoms with Gasteiger partial charge in [0.15, 0.2) is 0 Å². The second kappa shape index (κ2) is 9.46. The van der Waals surface area contributed by atoms with E-state index in [-0.39, 0.29) is 24.4 Å². The summed E-state index contributed by atoms with van der Waals surface area (Å²) in [5.74, 6) is -0.328. The highest BCUT2D eigenvalue weighted by Crippen LogP contribution is 2.24. The lowest BCUT2D eigenvalue weighted by molar-refractivity contribution is -0.114. The molecule has 2 aromatic carbocycles. The number of anilines is 2. The minimum Gasteiger partial charge on any atom is -0.376 e. The molecule has 1 atom stereocenters. The van der Waals surface area contributed by atoms with Crippen LogP contribution in [0.3, 0.4) is 0 Å². The van der Waals surface area contributed by atoms with E-state index < -0.39 is 0 Å². The van der Waals surface area contributed by atoms with Crippen molar-refractivity contribution in [2.75, 3.05) is 17.2 Å². The van der Waals surface area contributed by atoms with Gasteiger partial charge in [0, 0.05) is 23.0 Å². The standard InChI is InChI=1S/C19H21Cl2N3O2/c1-3-12(2)23-19(26)13-4-6-14(7-5-13)22-11-18(25)24-15-8-9-16(20)17(21)10-15/h4-10,12,22H,3,11H2,1-2H3,(H,23,26)(H,24,25). The second-order valence-electron chi connectivity index (χ2n) is 5.89. The van der Waals surface area contributed by atoms with Gasteiger partial charge in [-0.15, -0.1) is 0 Å². The normalized spacial score (nSPS) is 11.5. The second-order valence-corrected chi connectivity index (χ2v) is 6.71. The van der Waals surface area contributed by atoms with E-state index in [1.54, 1.807) is 42.5 Å². The summed E-state index contributed by atoms with van der Waals surface area (Å²) in [6.07, 6.45) is 0.874. The third-order valence-electron chi connectivity index (χ3n) is 3.79. The van der Waals surface area contributed by atoms with Crippen LogP contribution in [-0.2, 0) is 4.79 Å². The maximum absolute atomic E-state index is 12.0. The molecule has 2 amide bonds. The van der Waals surface area contributed by atoms with E-state index in [0.717, 1.165) is 12.1 Å². The fraction of sp³-hybridized carbons (Fsp3) is 0.263. The van der Waals surface area contributed by atoms with Gasteiger partial charge in [-0.2, -0.15) is 0 Å². The zero-order valence-corrected chi connectivity index (χ0v) is 16.1. The van der Waals surface area contributed by atoms with Gasteiger partial charge in [-0.1, -0.05) is 30.1 Å². The predicted molar refractivity (Wildman–Crippen MR) is 107 cm³/mol. The van der Waals surface area contributed by atoms with E-state index in [1.165, 1.54) is 0 Å². The molecule has 5 nitrogen and oxygen atoms in total.